The Morgan fingerprint density at radius 3 is 2.26 bits per heavy atom. The molecule has 2 amide bonds. The van der Waals surface area contributed by atoms with Gasteiger partial charge in [0.1, 0.15) is 5.82 Å². The summed E-state index contributed by atoms with van der Waals surface area (Å²) in [6, 6.07) is 9.92. The van der Waals surface area contributed by atoms with Crippen LogP contribution in [0.1, 0.15) is 27.0 Å². The van der Waals surface area contributed by atoms with Crippen molar-refractivity contribution in [2.45, 2.75) is 20.8 Å². The zero-order valence-electron chi connectivity index (χ0n) is 13.4. The van der Waals surface area contributed by atoms with E-state index < -0.39 is 11.7 Å². The van der Waals surface area contributed by atoms with Gasteiger partial charge in [0.25, 0.3) is 5.91 Å². The molecule has 0 aromatic heterocycles. The Labute approximate surface area is 134 Å². The lowest BCUT2D eigenvalue weighted by Gasteiger charge is -2.12. The van der Waals surface area contributed by atoms with Gasteiger partial charge in [0.15, 0.2) is 0 Å². The Hall–Kier alpha value is -2.69. The topological polar surface area (TPSA) is 58.2 Å². The second-order valence-electron chi connectivity index (χ2n) is 5.46. The highest BCUT2D eigenvalue weighted by atomic mass is 19.1. The fourth-order valence-corrected chi connectivity index (χ4v) is 2.19. The van der Waals surface area contributed by atoms with Crippen molar-refractivity contribution in [2.24, 2.45) is 0 Å². The second-order valence-corrected chi connectivity index (χ2v) is 5.46. The minimum Gasteiger partial charge on any atom is -0.343 e. The van der Waals surface area contributed by atoms with E-state index in [9.17, 15) is 14.0 Å². The quantitative estimate of drug-likeness (QED) is 0.911. The molecule has 0 spiro atoms. The molecule has 2 aromatic carbocycles. The standard InChI is InChI=1S/C18H19FN2O2/c1-11-7-8-14(9-15(11)19)18(23)20-10-16(22)21-17-12(2)5-4-6-13(17)3/h4-9H,10H2,1-3H3,(H,20,23)(H,21,22). The molecule has 0 heterocycles. The summed E-state index contributed by atoms with van der Waals surface area (Å²) in [5.74, 6) is -1.26. The fraction of sp³-hybridized carbons (Fsp3) is 0.222. The first-order valence-electron chi connectivity index (χ1n) is 7.29. The molecule has 4 nitrogen and oxygen atoms in total. The number of anilines is 1. The third kappa shape index (κ3) is 4.16. The van der Waals surface area contributed by atoms with Gasteiger partial charge >= 0.3 is 0 Å². The summed E-state index contributed by atoms with van der Waals surface area (Å²) >= 11 is 0. The van der Waals surface area contributed by atoms with E-state index in [-0.39, 0.29) is 18.0 Å². The van der Waals surface area contributed by atoms with Crippen LogP contribution in [0, 0.1) is 26.6 Å². The maximum atomic E-state index is 13.5. The molecule has 0 aliphatic rings. The van der Waals surface area contributed by atoms with E-state index in [0.717, 1.165) is 22.9 Å². The van der Waals surface area contributed by atoms with Crippen molar-refractivity contribution in [3.05, 3.63) is 64.5 Å². The Morgan fingerprint density at radius 1 is 1.00 bits per heavy atom. The molecule has 5 heteroatoms. The molecule has 0 bridgehead atoms. The molecule has 23 heavy (non-hydrogen) atoms. The van der Waals surface area contributed by atoms with E-state index in [4.69, 9.17) is 0 Å². The first kappa shape index (κ1) is 16.7. The van der Waals surface area contributed by atoms with E-state index in [0.29, 0.717) is 5.56 Å². The van der Waals surface area contributed by atoms with Crippen molar-refractivity contribution in [1.82, 2.24) is 5.32 Å². The summed E-state index contributed by atoms with van der Waals surface area (Å²) in [4.78, 5) is 23.9. The molecule has 0 aliphatic heterocycles. The molecule has 2 N–H and O–H groups in total. The number of carbonyl (C=O) groups is 2. The summed E-state index contributed by atoms with van der Waals surface area (Å²) in [5, 5.41) is 5.27. The summed E-state index contributed by atoms with van der Waals surface area (Å²) in [6.45, 7) is 5.24. The summed E-state index contributed by atoms with van der Waals surface area (Å²) < 4.78 is 13.5. The van der Waals surface area contributed by atoms with Gasteiger partial charge in [0.05, 0.1) is 6.54 Å². The number of aryl methyl sites for hydroxylation is 3. The largest absolute Gasteiger partial charge is 0.343 e. The third-order valence-electron chi connectivity index (χ3n) is 3.59. The van der Waals surface area contributed by atoms with Crippen LogP contribution < -0.4 is 10.6 Å². The lowest BCUT2D eigenvalue weighted by Crippen LogP contribution is -2.33. The zero-order valence-corrected chi connectivity index (χ0v) is 13.4. The van der Waals surface area contributed by atoms with E-state index in [2.05, 4.69) is 10.6 Å². The smallest absolute Gasteiger partial charge is 0.251 e. The van der Waals surface area contributed by atoms with Gasteiger partial charge in [-0.25, -0.2) is 4.39 Å². The molecule has 0 saturated carbocycles. The summed E-state index contributed by atoms with van der Waals surface area (Å²) in [7, 11) is 0. The van der Waals surface area contributed by atoms with Crippen LogP contribution >= 0.6 is 0 Å². The minimum atomic E-state index is -0.486. The van der Waals surface area contributed by atoms with Gasteiger partial charge in [0, 0.05) is 11.3 Å². The first-order chi connectivity index (χ1) is 10.9. The number of hydrogen-bond donors (Lipinski definition) is 2. The van der Waals surface area contributed by atoms with Crippen LogP contribution in [0.2, 0.25) is 0 Å². The fourth-order valence-electron chi connectivity index (χ4n) is 2.19. The average molecular weight is 314 g/mol. The molecule has 0 saturated heterocycles. The molecule has 0 aliphatic carbocycles. The Bertz CT molecular complexity index is 736. The highest BCUT2D eigenvalue weighted by Gasteiger charge is 2.11. The normalized spacial score (nSPS) is 10.3. The highest BCUT2D eigenvalue weighted by Crippen LogP contribution is 2.19. The molecule has 0 unspecified atom stereocenters. The SMILES string of the molecule is Cc1ccc(C(=O)NCC(=O)Nc2c(C)cccc2C)cc1F. The van der Waals surface area contributed by atoms with Gasteiger partial charge in [-0.15, -0.1) is 0 Å². The highest BCUT2D eigenvalue weighted by molar-refractivity contribution is 5.99. The second kappa shape index (κ2) is 7.05. The van der Waals surface area contributed by atoms with Crippen molar-refractivity contribution in [3.8, 4) is 0 Å². The van der Waals surface area contributed by atoms with E-state index in [1.807, 2.05) is 32.0 Å². The van der Waals surface area contributed by atoms with Crippen LogP contribution in [0.15, 0.2) is 36.4 Å². The predicted octanol–water partition coefficient (Wildman–Crippen LogP) is 3.12. The number of rotatable bonds is 4. The molecule has 2 aromatic rings. The maximum absolute atomic E-state index is 13.5. The Balaban J connectivity index is 1.96. The molecular weight excluding hydrogens is 295 g/mol. The maximum Gasteiger partial charge on any atom is 0.251 e. The monoisotopic (exact) mass is 314 g/mol. The number of nitrogens with one attached hydrogen (secondary N) is 2. The van der Waals surface area contributed by atoms with Crippen LogP contribution in [-0.4, -0.2) is 18.4 Å². The number of amides is 2. The van der Waals surface area contributed by atoms with Crippen molar-refractivity contribution < 1.29 is 14.0 Å². The van der Waals surface area contributed by atoms with Crippen molar-refractivity contribution in [3.63, 3.8) is 0 Å². The van der Waals surface area contributed by atoms with Gasteiger partial charge in [-0.2, -0.15) is 0 Å². The molecule has 0 atom stereocenters. The van der Waals surface area contributed by atoms with Crippen molar-refractivity contribution in [2.75, 3.05) is 11.9 Å². The summed E-state index contributed by atoms with van der Waals surface area (Å²) in [5.41, 5.74) is 3.30. The van der Waals surface area contributed by atoms with Gasteiger partial charge in [0.2, 0.25) is 5.91 Å². The lowest BCUT2D eigenvalue weighted by molar-refractivity contribution is -0.115. The van der Waals surface area contributed by atoms with Crippen LogP contribution in [0.3, 0.4) is 0 Å². The number of benzene rings is 2. The van der Waals surface area contributed by atoms with Gasteiger partial charge in [-0.05, 0) is 49.6 Å². The molecule has 0 fully saturated rings. The molecule has 2 rings (SSSR count). The zero-order chi connectivity index (χ0) is 17.0. The lowest BCUT2D eigenvalue weighted by atomic mass is 10.1. The van der Waals surface area contributed by atoms with Crippen molar-refractivity contribution in [1.29, 1.82) is 0 Å². The van der Waals surface area contributed by atoms with Crippen LogP contribution in [-0.2, 0) is 4.79 Å². The number of para-hydroxylation sites is 1. The van der Waals surface area contributed by atoms with Gasteiger partial charge in [-0.3, -0.25) is 9.59 Å². The van der Waals surface area contributed by atoms with E-state index in [1.165, 1.54) is 12.1 Å². The van der Waals surface area contributed by atoms with Crippen LogP contribution in [0.5, 0.6) is 0 Å². The van der Waals surface area contributed by atoms with Crippen molar-refractivity contribution >= 4 is 17.5 Å². The van der Waals surface area contributed by atoms with Gasteiger partial charge in [-0.1, -0.05) is 24.3 Å². The molecular formula is C18H19FN2O2. The van der Waals surface area contributed by atoms with E-state index >= 15 is 0 Å². The van der Waals surface area contributed by atoms with Crippen LogP contribution in [0.4, 0.5) is 10.1 Å². The Morgan fingerprint density at radius 2 is 1.65 bits per heavy atom. The third-order valence-corrected chi connectivity index (χ3v) is 3.59. The van der Waals surface area contributed by atoms with Crippen LogP contribution in [0.25, 0.3) is 0 Å². The minimum absolute atomic E-state index is 0.178. The molecule has 0 radical (unpaired) electrons. The molecule has 120 valence electrons. The average Bonchev–Trinajstić information content (AvgIpc) is 2.51. The number of carbonyl (C=O) groups excluding carboxylic acids is 2. The Kier molecular flexibility index (Phi) is 5.11. The first-order valence-corrected chi connectivity index (χ1v) is 7.29. The summed E-state index contributed by atoms with van der Waals surface area (Å²) in [6.07, 6.45) is 0. The predicted molar refractivity (Wildman–Crippen MR) is 88.0 cm³/mol. The number of halogens is 1. The van der Waals surface area contributed by atoms with E-state index in [1.54, 1.807) is 6.92 Å². The number of hydrogen-bond acceptors (Lipinski definition) is 2. The van der Waals surface area contributed by atoms with Gasteiger partial charge < -0.3 is 10.6 Å².